The van der Waals surface area contributed by atoms with Gasteiger partial charge in [-0.3, -0.25) is 0 Å². The van der Waals surface area contributed by atoms with Crippen LogP contribution < -0.4 is 10.5 Å². The van der Waals surface area contributed by atoms with Crippen LogP contribution in [0.5, 0.6) is 5.75 Å². The van der Waals surface area contributed by atoms with Crippen LogP contribution in [0.3, 0.4) is 0 Å². The maximum absolute atomic E-state index is 12.7. The molecule has 0 saturated heterocycles. The van der Waals surface area contributed by atoms with Gasteiger partial charge < -0.3 is 10.5 Å². The molecule has 0 aliphatic rings. The van der Waals surface area contributed by atoms with E-state index in [2.05, 4.69) is 6.92 Å². The molecule has 2 nitrogen and oxygen atoms in total. The van der Waals surface area contributed by atoms with E-state index in [-0.39, 0.29) is 5.82 Å². The third kappa shape index (κ3) is 4.06. The fraction of sp³-hybridized carbons (Fsp3) is 0.455. The molecule has 0 saturated carbocycles. The molecule has 1 unspecified atom stereocenters. The fourth-order valence-corrected chi connectivity index (χ4v) is 1.30. The molecule has 84 valence electrons. The number of nitrogens with two attached hydrogens (primary N) is 1. The lowest BCUT2D eigenvalue weighted by atomic mass is 10.1. The number of benzene rings is 1. The highest BCUT2D eigenvalue weighted by molar-refractivity contribution is 6.32. The molecule has 0 aliphatic carbocycles. The van der Waals surface area contributed by atoms with Gasteiger partial charge in [-0.2, -0.15) is 0 Å². The first-order valence-electron chi connectivity index (χ1n) is 4.91. The molecule has 1 rings (SSSR count). The lowest BCUT2D eigenvalue weighted by Crippen LogP contribution is -2.13. The minimum absolute atomic E-state index is 0.301. The Morgan fingerprint density at radius 1 is 1.53 bits per heavy atom. The van der Waals surface area contributed by atoms with Gasteiger partial charge in [0.1, 0.15) is 11.6 Å². The second-order valence-electron chi connectivity index (χ2n) is 3.55. The first kappa shape index (κ1) is 12.3. The van der Waals surface area contributed by atoms with Gasteiger partial charge >= 0.3 is 0 Å². The summed E-state index contributed by atoms with van der Waals surface area (Å²) in [6.07, 6.45) is 0.865. The van der Waals surface area contributed by atoms with Gasteiger partial charge in [0.05, 0.1) is 11.6 Å². The summed E-state index contributed by atoms with van der Waals surface area (Å²) in [6, 6.07) is 4.10. The Hall–Kier alpha value is -0.800. The van der Waals surface area contributed by atoms with Crippen LogP contribution in [0.15, 0.2) is 18.2 Å². The van der Waals surface area contributed by atoms with Crippen molar-refractivity contribution in [2.24, 2.45) is 11.7 Å². The van der Waals surface area contributed by atoms with Crippen molar-refractivity contribution in [2.75, 3.05) is 13.2 Å². The molecule has 0 heterocycles. The van der Waals surface area contributed by atoms with E-state index < -0.39 is 0 Å². The molecular weight excluding hydrogens is 217 g/mol. The average Bonchev–Trinajstić information content (AvgIpc) is 2.21. The van der Waals surface area contributed by atoms with Crippen LogP contribution in [0.25, 0.3) is 0 Å². The van der Waals surface area contributed by atoms with Gasteiger partial charge in [-0.15, -0.1) is 0 Å². The molecule has 1 atom stereocenters. The standard InChI is InChI=1S/C11H15ClFNO/c1-8(7-14)4-5-15-11-3-2-9(13)6-10(11)12/h2-3,6,8H,4-5,7,14H2,1H3. The summed E-state index contributed by atoms with van der Waals surface area (Å²) in [5.74, 6) is 0.578. The zero-order valence-corrected chi connectivity index (χ0v) is 9.43. The van der Waals surface area contributed by atoms with Crippen LogP contribution in [-0.4, -0.2) is 13.2 Å². The Morgan fingerprint density at radius 2 is 2.27 bits per heavy atom. The van der Waals surface area contributed by atoms with Crippen LogP contribution >= 0.6 is 11.6 Å². The molecule has 4 heteroatoms. The monoisotopic (exact) mass is 231 g/mol. The summed E-state index contributed by atoms with van der Waals surface area (Å²) < 4.78 is 18.1. The number of rotatable bonds is 5. The largest absolute Gasteiger partial charge is 0.492 e. The van der Waals surface area contributed by atoms with Gasteiger partial charge in [-0.25, -0.2) is 4.39 Å². The molecule has 0 amide bonds. The summed E-state index contributed by atoms with van der Waals surface area (Å²) >= 11 is 5.79. The summed E-state index contributed by atoms with van der Waals surface area (Å²) in [4.78, 5) is 0. The lowest BCUT2D eigenvalue weighted by Gasteiger charge is -2.10. The van der Waals surface area contributed by atoms with Crippen molar-refractivity contribution in [3.05, 3.63) is 29.0 Å². The second kappa shape index (κ2) is 5.93. The zero-order chi connectivity index (χ0) is 11.3. The molecule has 0 radical (unpaired) electrons. The maximum atomic E-state index is 12.7. The second-order valence-corrected chi connectivity index (χ2v) is 3.96. The Bertz CT molecular complexity index is 319. The highest BCUT2D eigenvalue weighted by Crippen LogP contribution is 2.25. The normalized spacial score (nSPS) is 12.5. The van der Waals surface area contributed by atoms with E-state index in [1.54, 1.807) is 0 Å². The predicted molar refractivity (Wildman–Crippen MR) is 59.7 cm³/mol. The molecule has 0 spiro atoms. The minimum Gasteiger partial charge on any atom is -0.492 e. The molecule has 0 bridgehead atoms. The van der Waals surface area contributed by atoms with E-state index in [0.29, 0.717) is 29.8 Å². The highest BCUT2D eigenvalue weighted by Gasteiger charge is 2.04. The molecule has 0 aromatic heterocycles. The van der Waals surface area contributed by atoms with Crippen LogP contribution in [-0.2, 0) is 0 Å². The van der Waals surface area contributed by atoms with Gasteiger partial charge in [0.25, 0.3) is 0 Å². The molecule has 15 heavy (non-hydrogen) atoms. The quantitative estimate of drug-likeness (QED) is 0.846. The number of halogens is 2. The predicted octanol–water partition coefficient (Wildman–Crippen LogP) is 2.84. The van der Waals surface area contributed by atoms with Crippen molar-refractivity contribution in [1.82, 2.24) is 0 Å². The third-order valence-corrected chi connectivity index (χ3v) is 2.46. The van der Waals surface area contributed by atoms with Crippen molar-refractivity contribution >= 4 is 11.6 Å². The Labute approximate surface area is 94.2 Å². The van der Waals surface area contributed by atoms with Gasteiger partial charge in [-0.1, -0.05) is 18.5 Å². The topological polar surface area (TPSA) is 35.2 Å². The van der Waals surface area contributed by atoms with Crippen molar-refractivity contribution in [2.45, 2.75) is 13.3 Å². The van der Waals surface area contributed by atoms with Gasteiger partial charge in [0.2, 0.25) is 0 Å². The zero-order valence-electron chi connectivity index (χ0n) is 8.67. The summed E-state index contributed by atoms with van der Waals surface area (Å²) in [5.41, 5.74) is 5.47. The number of ether oxygens (including phenoxy) is 1. The van der Waals surface area contributed by atoms with Crippen molar-refractivity contribution in [3.63, 3.8) is 0 Å². The summed E-state index contributed by atoms with van der Waals surface area (Å²) in [6.45, 7) is 3.24. The highest BCUT2D eigenvalue weighted by atomic mass is 35.5. The van der Waals surface area contributed by atoms with Crippen LogP contribution in [0.2, 0.25) is 5.02 Å². The fourth-order valence-electron chi connectivity index (χ4n) is 1.08. The molecular formula is C11H15ClFNO. The SMILES string of the molecule is CC(CN)CCOc1ccc(F)cc1Cl. The average molecular weight is 232 g/mol. The molecule has 0 fully saturated rings. The summed E-state index contributed by atoms with van der Waals surface area (Å²) in [7, 11) is 0. The van der Waals surface area contributed by atoms with Crippen molar-refractivity contribution < 1.29 is 9.13 Å². The van der Waals surface area contributed by atoms with Crippen molar-refractivity contribution in [1.29, 1.82) is 0 Å². The van der Waals surface area contributed by atoms with Gasteiger partial charge in [0.15, 0.2) is 0 Å². The number of hydrogen-bond donors (Lipinski definition) is 1. The molecule has 0 aliphatic heterocycles. The van der Waals surface area contributed by atoms with E-state index in [4.69, 9.17) is 22.1 Å². The smallest absolute Gasteiger partial charge is 0.138 e. The van der Waals surface area contributed by atoms with E-state index in [1.165, 1.54) is 18.2 Å². The molecule has 1 aromatic rings. The Morgan fingerprint density at radius 3 is 2.87 bits per heavy atom. The molecule has 2 N–H and O–H groups in total. The Kier molecular flexibility index (Phi) is 4.85. The number of hydrogen-bond acceptors (Lipinski definition) is 2. The van der Waals surface area contributed by atoms with Crippen molar-refractivity contribution in [3.8, 4) is 5.75 Å². The van der Waals surface area contributed by atoms with E-state index in [0.717, 1.165) is 6.42 Å². The minimum atomic E-state index is -0.359. The maximum Gasteiger partial charge on any atom is 0.138 e. The van der Waals surface area contributed by atoms with Crippen LogP contribution in [0.1, 0.15) is 13.3 Å². The van der Waals surface area contributed by atoms with E-state index in [9.17, 15) is 4.39 Å². The third-order valence-electron chi connectivity index (χ3n) is 2.16. The first-order valence-corrected chi connectivity index (χ1v) is 5.29. The molecule has 1 aromatic carbocycles. The van der Waals surface area contributed by atoms with Crippen LogP contribution in [0.4, 0.5) is 4.39 Å². The van der Waals surface area contributed by atoms with E-state index in [1.807, 2.05) is 0 Å². The van der Waals surface area contributed by atoms with Gasteiger partial charge in [-0.05, 0) is 37.1 Å². The lowest BCUT2D eigenvalue weighted by molar-refractivity contribution is 0.285. The Balaban J connectivity index is 2.44. The van der Waals surface area contributed by atoms with Crippen LogP contribution in [0, 0.1) is 11.7 Å². The van der Waals surface area contributed by atoms with Gasteiger partial charge in [0, 0.05) is 0 Å². The first-order chi connectivity index (χ1) is 7.13. The summed E-state index contributed by atoms with van der Waals surface area (Å²) in [5, 5.41) is 0.301. The van der Waals surface area contributed by atoms with E-state index >= 15 is 0 Å².